The van der Waals surface area contributed by atoms with Crippen molar-refractivity contribution in [2.75, 3.05) is 51.2 Å². The number of hydrogen-bond donors (Lipinski definition) is 2. The molecule has 3 N–H and O–H groups in total. The molecule has 0 radical (unpaired) electrons. The van der Waals surface area contributed by atoms with Gasteiger partial charge in [-0.25, -0.2) is 18.3 Å². The van der Waals surface area contributed by atoms with Crippen LogP contribution in [0.5, 0.6) is 0 Å². The summed E-state index contributed by atoms with van der Waals surface area (Å²) in [7, 11) is 1.91. The highest BCUT2D eigenvalue weighted by Gasteiger charge is 2.33. The zero-order valence-electron chi connectivity index (χ0n) is 31.9. The number of allylic oxidation sites excluding steroid dienone is 1. The largest absolute Gasteiger partial charge is 0.419 e. The number of aromatic nitrogens is 2. The molecule has 2 saturated heterocycles. The summed E-state index contributed by atoms with van der Waals surface area (Å²) < 4.78 is 57.0. The quantitative estimate of drug-likeness (QED) is 0.128. The molecule has 13 nitrogen and oxygen atoms in total. The van der Waals surface area contributed by atoms with Gasteiger partial charge in [0.15, 0.2) is 5.82 Å². The highest BCUT2D eigenvalue weighted by atomic mass is 32.2. The zero-order chi connectivity index (χ0) is 40.4. The number of piperidine rings is 2. The van der Waals surface area contributed by atoms with Crippen LogP contribution in [0, 0.1) is 17.2 Å². The van der Waals surface area contributed by atoms with Crippen LogP contribution in [0.3, 0.4) is 0 Å². The highest BCUT2D eigenvalue weighted by Crippen LogP contribution is 2.34. The van der Waals surface area contributed by atoms with Crippen molar-refractivity contribution in [2.24, 2.45) is 28.7 Å². The monoisotopic (exact) mass is 794 g/mol. The first-order chi connectivity index (χ1) is 26.9. The summed E-state index contributed by atoms with van der Waals surface area (Å²) in [5.41, 5.74) is 7.62. The van der Waals surface area contributed by atoms with E-state index in [4.69, 9.17) is 5.73 Å². The minimum atomic E-state index is -4.61. The van der Waals surface area contributed by atoms with Gasteiger partial charge < -0.3 is 20.7 Å². The third-order valence-electron chi connectivity index (χ3n) is 10.3. The van der Waals surface area contributed by atoms with Gasteiger partial charge in [-0.15, -0.1) is 0 Å². The average Bonchev–Trinajstić information content (AvgIpc) is 3.52. The van der Waals surface area contributed by atoms with E-state index in [9.17, 15) is 32.2 Å². The van der Waals surface area contributed by atoms with Gasteiger partial charge in [-0.2, -0.15) is 23.5 Å². The van der Waals surface area contributed by atoms with Gasteiger partial charge in [0.1, 0.15) is 17.3 Å². The number of nitrogens with one attached hydrogen (secondary N) is 1. The number of likely N-dealkylation sites (tertiary alicyclic amines) is 1. The fraction of sp³-hybridized carbons (Fsp3) is 0.487. The Bertz CT molecular complexity index is 2010. The summed E-state index contributed by atoms with van der Waals surface area (Å²) in [6, 6.07) is 13.2. The molecule has 0 saturated carbocycles. The first-order valence-corrected chi connectivity index (χ1v) is 19.8. The molecule has 0 aliphatic carbocycles. The number of aryl methyl sites for hydroxylation is 1. The van der Waals surface area contributed by atoms with E-state index in [1.807, 2.05) is 19.2 Å². The fourth-order valence-electron chi connectivity index (χ4n) is 7.41. The molecule has 3 heterocycles. The van der Waals surface area contributed by atoms with Crippen LogP contribution in [0.25, 0.3) is 10.9 Å². The van der Waals surface area contributed by atoms with Gasteiger partial charge in [0.25, 0.3) is 0 Å². The Balaban J connectivity index is 1.15. The zero-order valence-corrected chi connectivity index (χ0v) is 32.7. The van der Waals surface area contributed by atoms with Gasteiger partial charge in [-0.1, -0.05) is 13.0 Å². The van der Waals surface area contributed by atoms with Crippen LogP contribution in [-0.2, 0) is 29.2 Å². The minimum Gasteiger partial charge on any atom is -0.390 e. The molecule has 5 rings (SSSR count). The fourth-order valence-corrected chi connectivity index (χ4v) is 8.68. The number of fused-ring (bicyclic) bond motifs is 1. The summed E-state index contributed by atoms with van der Waals surface area (Å²) >= 11 is 0. The maximum atomic E-state index is 13.6. The molecule has 1 aromatic heterocycles. The van der Waals surface area contributed by atoms with Crippen molar-refractivity contribution < 1.29 is 27.0 Å². The van der Waals surface area contributed by atoms with E-state index < -0.39 is 22.7 Å². The van der Waals surface area contributed by atoms with E-state index >= 15 is 0 Å². The molecule has 2 aliphatic rings. The van der Waals surface area contributed by atoms with Crippen molar-refractivity contribution in [3.05, 3.63) is 64.9 Å². The van der Waals surface area contributed by atoms with E-state index in [1.54, 1.807) is 28.2 Å². The number of aliphatic imine (C=N–C) groups is 2. The Kier molecular flexibility index (Phi) is 14.5. The Morgan fingerprint density at radius 2 is 1.89 bits per heavy atom. The third-order valence-corrected chi connectivity index (χ3v) is 11.8. The molecule has 3 aromatic rings. The number of alkyl halides is 3. The number of aldehydes is 1. The number of rotatable bonds is 14. The number of carbonyl (C=O) groups is 2. The molecule has 2 unspecified atom stereocenters. The average molecular weight is 795 g/mol. The Labute approximate surface area is 327 Å². The molecular formula is C39H49F3N10O3S. The normalized spacial score (nSPS) is 18.1. The van der Waals surface area contributed by atoms with E-state index in [0.717, 1.165) is 67.8 Å². The van der Waals surface area contributed by atoms with E-state index in [2.05, 4.69) is 50.4 Å². The Morgan fingerprint density at radius 3 is 2.54 bits per heavy atom. The van der Waals surface area contributed by atoms with Gasteiger partial charge in [-0.3, -0.25) is 14.6 Å². The standard InChI is InChI=1S/C39H49F3N10O3S/c1-27(25-50-14-9-28(10-15-50)29-6-8-35-36(21-29)49(3)48-37(35)52(13-4-18-53)38(54)45-2)19-31-20-34(7-5-30(31)22-43)56(55)51-16-11-33(12-17-51)47-24-32(23-46-26-44)39(40,41)42/h5-8,18,20-21,23-24,26-28,33H,4,9-17,19,25H2,1-3H3,(H2,44,46)(H,45,54)/b32-23+,47-24?. The van der Waals surface area contributed by atoms with Crippen molar-refractivity contribution in [1.82, 2.24) is 24.3 Å². The lowest BCUT2D eigenvalue weighted by Crippen LogP contribution is -2.39. The summed E-state index contributed by atoms with van der Waals surface area (Å²) in [4.78, 5) is 35.7. The van der Waals surface area contributed by atoms with Crippen LogP contribution >= 0.6 is 0 Å². The molecule has 17 heteroatoms. The van der Waals surface area contributed by atoms with Crippen molar-refractivity contribution >= 4 is 52.6 Å². The summed E-state index contributed by atoms with van der Waals surface area (Å²) in [5.74, 6) is 1.12. The maximum absolute atomic E-state index is 13.6. The number of benzene rings is 2. The predicted octanol–water partition coefficient (Wildman–Crippen LogP) is 5.23. The topological polar surface area (TPSA) is 165 Å². The second-order valence-corrected chi connectivity index (χ2v) is 15.8. The Morgan fingerprint density at radius 1 is 1.16 bits per heavy atom. The Hall–Kier alpha value is -4.92. The van der Waals surface area contributed by atoms with E-state index in [1.165, 1.54) is 10.5 Å². The van der Waals surface area contributed by atoms with Crippen LogP contribution in [0.2, 0.25) is 0 Å². The van der Waals surface area contributed by atoms with Crippen LogP contribution in [0.1, 0.15) is 61.6 Å². The molecule has 2 aromatic carbocycles. The van der Waals surface area contributed by atoms with Crippen molar-refractivity contribution in [3.8, 4) is 6.07 Å². The molecule has 2 amide bonds. The molecule has 0 bridgehead atoms. The van der Waals surface area contributed by atoms with Gasteiger partial charge in [0.05, 0.1) is 40.0 Å². The minimum absolute atomic E-state index is 0.209. The lowest BCUT2D eigenvalue weighted by Gasteiger charge is -2.34. The number of halogens is 3. The van der Waals surface area contributed by atoms with Crippen LogP contribution in [0.4, 0.5) is 23.8 Å². The molecule has 300 valence electrons. The van der Waals surface area contributed by atoms with Gasteiger partial charge in [0.2, 0.25) is 0 Å². The number of urea groups is 1. The highest BCUT2D eigenvalue weighted by molar-refractivity contribution is 7.82. The second-order valence-electron chi connectivity index (χ2n) is 14.3. The van der Waals surface area contributed by atoms with Crippen molar-refractivity contribution in [3.63, 3.8) is 0 Å². The van der Waals surface area contributed by atoms with E-state index in [0.29, 0.717) is 60.7 Å². The predicted molar refractivity (Wildman–Crippen MR) is 212 cm³/mol. The van der Waals surface area contributed by atoms with Gasteiger partial charge >= 0.3 is 12.2 Å². The van der Waals surface area contributed by atoms with Crippen molar-refractivity contribution in [2.45, 2.75) is 68.5 Å². The third kappa shape index (κ3) is 10.5. The van der Waals surface area contributed by atoms with Crippen LogP contribution < -0.4 is 16.0 Å². The molecule has 56 heavy (non-hydrogen) atoms. The van der Waals surface area contributed by atoms with Crippen LogP contribution in [-0.4, -0.2) is 107 Å². The maximum Gasteiger partial charge on any atom is 0.419 e. The van der Waals surface area contributed by atoms with Crippen molar-refractivity contribution in [1.29, 1.82) is 5.26 Å². The SMILES string of the molecule is CNC(=O)N(CCC=O)c1nn(C)c2cc(C3CCN(CC(C)Cc4cc(S(=O)N5CCC(N=C/C(=C\N=CN)C(F)(F)F)CC5)ccc4C#N)CC3)ccc12. The first-order valence-electron chi connectivity index (χ1n) is 18.7. The number of nitrogens with two attached hydrogens (primary N) is 1. The van der Waals surface area contributed by atoms with Gasteiger partial charge in [0, 0.05) is 64.5 Å². The lowest BCUT2D eigenvalue weighted by atomic mass is 9.88. The van der Waals surface area contributed by atoms with Crippen LogP contribution in [0.15, 0.2) is 63.1 Å². The number of hydrogen-bond acceptors (Lipinski definition) is 8. The number of nitrogens with zero attached hydrogens (tertiary/aromatic N) is 8. The number of carbonyl (C=O) groups excluding carboxylic acids is 2. The second kappa shape index (κ2) is 19.3. The molecule has 2 atom stereocenters. The summed E-state index contributed by atoms with van der Waals surface area (Å²) in [6.07, 6.45) is 2.09. The molecule has 2 fully saturated rings. The molecule has 2 aliphatic heterocycles. The lowest BCUT2D eigenvalue weighted by molar-refractivity contribution is -0.107. The molecule has 0 spiro atoms. The summed E-state index contributed by atoms with van der Waals surface area (Å²) in [5, 5.41) is 18.0. The number of anilines is 1. The van der Waals surface area contributed by atoms with E-state index in [-0.39, 0.29) is 31.0 Å². The van der Waals surface area contributed by atoms with Gasteiger partial charge in [-0.05, 0) is 98.5 Å². The smallest absolute Gasteiger partial charge is 0.390 e. The first kappa shape index (κ1) is 42.2. The summed E-state index contributed by atoms with van der Waals surface area (Å²) in [6.45, 7) is 5.89. The number of amides is 2. The molecular weight excluding hydrogens is 746 g/mol. The number of nitriles is 1.